The standard InChI is InChI=1S/C52H110N4O4/c1-8-12-15-18-21-24-27-30-33-46(5)50(58)43-54-37-39-55(38-36-53-42-49(57)11-4)40-41-56(44-51(59)47(6)34-31-28-25-22-19-16-13-9-2)45-52(60)48(7)35-32-29-26-23-20-17-14-10-3/h46-54,57-60H,8-45H2,1-7H3. The van der Waals surface area contributed by atoms with Gasteiger partial charge in [-0.15, -0.1) is 0 Å². The molecule has 7 unspecified atom stereocenters. The van der Waals surface area contributed by atoms with Crippen LogP contribution in [0, 0.1) is 17.8 Å². The van der Waals surface area contributed by atoms with Crippen molar-refractivity contribution in [2.24, 2.45) is 17.8 Å². The van der Waals surface area contributed by atoms with E-state index >= 15 is 0 Å². The normalized spacial score (nSPS) is 15.8. The Morgan fingerprint density at radius 1 is 0.367 bits per heavy atom. The minimum atomic E-state index is -0.411. The van der Waals surface area contributed by atoms with Crippen molar-refractivity contribution in [3.8, 4) is 0 Å². The van der Waals surface area contributed by atoms with Crippen molar-refractivity contribution < 1.29 is 20.4 Å². The molecule has 0 aromatic rings. The van der Waals surface area contributed by atoms with Gasteiger partial charge in [0.25, 0.3) is 0 Å². The lowest BCUT2D eigenvalue weighted by molar-refractivity contribution is 0.0218. The fourth-order valence-corrected chi connectivity index (χ4v) is 8.48. The van der Waals surface area contributed by atoms with Gasteiger partial charge in [-0.25, -0.2) is 0 Å². The second kappa shape index (κ2) is 43.9. The van der Waals surface area contributed by atoms with Crippen molar-refractivity contribution in [2.45, 2.75) is 253 Å². The molecule has 0 aliphatic rings. The fourth-order valence-electron chi connectivity index (χ4n) is 8.48. The molecule has 0 aliphatic carbocycles. The maximum absolute atomic E-state index is 11.5. The van der Waals surface area contributed by atoms with Crippen LogP contribution >= 0.6 is 0 Å². The molecule has 7 atom stereocenters. The molecule has 8 nitrogen and oxygen atoms in total. The van der Waals surface area contributed by atoms with Gasteiger partial charge in [0.15, 0.2) is 0 Å². The maximum Gasteiger partial charge on any atom is 0.0692 e. The average Bonchev–Trinajstić information content (AvgIpc) is 3.24. The number of hydrogen-bond acceptors (Lipinski definition) is 8. The van der Waals surface area contributed by atoms with E-state index in [1.54, 1.807) is 0 Å². The second-order valence-corrected chi connectivity index (χ2v) is 19.5. The summed E-state index contributed by atoms with van der Waals surface area (Å²) >= 11 is 0. The smallest absolute Gasteiger partial charge is 0.0692 e. The molecule has 8 heteroatoms. The topological polar surface area (TPSA) is 111 Å². The van der Waals surface area contributed by atoms with Crippen LogP contribution in [0.2, 0.25) is 0 Å². The Morgan fingerprint density at radius 2 is 0.683 bits per heavy atom. The Bertz CT molecular complexity index is 821. The van der Waals surface area contributed by atoms with Gasteiger partial charge >= 0.3 is 0 Å². The maximum atomic E-state index is 11.5. The van der Waals surface area contributed by atoms with E-state index in [0.717, 1.165) is 65.0 Å². The quantitative estimate of drug-likeness (QED) is 0.0336. The SMILES string of the molecule is CCCCCCCCCCC(C)C(O)CNCCN(CCNCC(O)CC)CCN(CC(O)C(C)CCCCCCCCCC)CC(O)C(C)CCCCCCCCCC. The first kappa shape index (κ1) is 59.7. The van der Waals surface area contributed by atoms with E-state index in [4.69, 9.17) is 0 Å². The molecule has 0 bridgehead atoms. The molecule has 362 valence electrons. The average molecular weight is 855 g/mol. The molecule has 0 saturated carbocycles. The molecular formula is C52H110N4O4. The summed E-state index contributed by atoms with van der Waals surface area (Å²) < 4.78 is 0. The summed E-state index contributed by atoms with van der Waals surface area (Å²) in [5, 5.41) is 51.1. The van der Waals surface area contributed by atoms with Crippen molar-refractivity contribution in [1.82, 2.24) is 20.4 Å². The molecule has 0 spiro atoms. The van der Waals surface area contributed by atoms with Crippen LogP contribution in [0.5, 0.6) is 0 Å². The van der Waals surface area contributed by atoms with Crippen LogP contribution in [0.4, 0.5) is 0 Å². The van der Waals surface area contributed by atoms with Gasteiger partial charge in [-0.05, 0) is 43.4 Å². The summed E-state index contributed by atoms with van der Waals surface area (Å²) in [6.45, 7) is 22.8. The van der Waals surface area contributed by atoms with E-state index in [2.05, 4.69) is 62.0 Å². The summed E-state index contributed by atoms with van der Waals surface area (Å²) in [5.41, 5.74) is 0. The number of aliphatic hydroxyl groups is 4. The van der Waals surface area contributed by atoms with E-state index in [0.29, 0.717) is 32.1 Å². The molecule has 60 heavy (non-hydrogen) atoms. The molecule has 0 fully saturated rings. The Morgan fingerprint density at radius 3 is 1.05 bits per heavy atom. The highest BCUT2D eigenvalue weighted by Gasteiger charge is 2.23. The van der Waals surface area contributed by atoms with Crippen LogP contribution in [-0.4, -0.2) is 120 Å². The van der Waals surface area contributed by atoms with Crippen molar-refractivity contribution in [3.05, 3.63) is 0 Å². The highest BCUT2D eigenvalue weighted by molar-refractivity contribution is 4.77. The molecule has 0 amide bonds. The zero-order valence-electron chi connectivity index (χ0n) is 41.6. The lowest BCUT2D eigenvalue weighted by Gasteiger charge is -2.33. The zero-order valence-corrected chi connectivity index (χ0v) is 41.6. The Labute approximate surface area is 375 Å². The number of hydrogen-bond donors (Lipinski definition) is 6. The van der Waals surface area contributed by atoms with Gasteiger partial charge in [0.05, 0.1) is 24.4 Å². The predicted octanol–water partition coefficient (Wildman–Crippen LogP) is 11.1. The van der Waals surface area contributed by atoms with Gasteiger partial charge in [-0.1, -0.05) is 203 Å². The Hall–Kier alpha value is -0.320. The minimum Gasteiger partial charge on any atom is -0.392 e. The molecule has 0 aliphatic heterocycles. The van der Waals surface area contributed by atoms with Crippen molar-refractivity contribution in [3.63, 3.8) is 0 Å². The largest absolute Gasteiger partial charge is 0.392 e. The molecule has 0 heterocycles. The van der Waals surface area contributed by atoms with E-state index in [1.165, 1.54) is 154 Å². The monoisotopic (exact) mass is 855 g/mol. The first-order chi connectivity index (χ1) is 29.1. The first-order valence-corrected chi connectivity index (χ1v) is 26.7. The van der Waals surface area contributed by atoms with Crippen molar-refractivity contribution in [2.75, 3.05) is 65.4 Å². The molecule has 0 aromatic carbocycles. The van der Waals surface area contributed by atoms with Gasteiger partial charge in [0.2, 0.25) is 0 Å². The second-order valence-electron chi connectivity index (χ2n) is 19.5. The molecule has 6 N–H and O–H groups in total. The lowest BCUT2D eigenvalue weighted by atomic mass is 9.94. The highest BCUT2D eigenvalue weighted by Crippen LogP contribution is 2.20. The van der Waals surface area contributed by atoms with Gasteiger partial charge in [0.1, 0.15) is 0 Å². The summed E-state index contributed by atoms with van der Waals surface area (Å²) in [6.07, 6.45) is 33.8. The summed E-state index contributed by atoms with van der Waals surface area (Å²) in [4.78, 5) is 4.81. The van der Waals surface area contributed by atoms with Crippen LogP contribution in [0.1, 0.15) is 228 Å². The van der Waals surface area contributed by atoms with Crippen LogP contribution in [0.15, 0.2) is 0 Å². The van der Waals surface area contributed by atoms with Gasteiger partial charge in [-0.3, -0.25) is 9.80 Å². The van der Waals surface area contributed by atoms with Gasteiger partial charge < -0.3 is 31.1 Å². The van der Waals surface area contributed by atoms with E-state index < -0.39 is 12.2 Å². The molecule has 0 saturated heterocycles. The highest BCUT2D eigenvalue weighted by atomic mass is 16.3. The van der Waals surface area contributed by atoms with Crippen LogP contribution in [0.3, 0.4) is 0 Å². The Kier molecular flexibility index (Phi) is 43.7. The molecular weight excluding hydrogens is 745 g/mol. The minimum absolute atomic E-state index is 0.235. The number of rotatable bonds is 48. The lowest BCUT2D eigenvalue weighted by Crippen LogP contribution is -2.47. The van der Waals surface area contributed by atoms with Crippen LogP contribution < -0.4 is 10.6 Å². The van der Waals surface area contributed by atoms with Crippen molar-refractivity contribution in [1.29, 1.82) is 0 Å². The summed E-state index contributed by atoms with van der Waals surface area (Å²) in [5.74, 6) is 0.766. The third kappa shape index (κ3) is 37.1. The van der Waals surface area contributed by atoms with Gasteiger partial charge in [0, 0.05) is 65.4 Å². The molecule has 0 rings (SSSR count). The number of nitrogens with zero attached hydrogens (tertiary/aromatic N) is 2. The Balaban J connectivity index is 5.28. The van der Waals surface area contributed by atoms with E-state index in [1.807, 2.05) is 6.92 Å². The number of unbranched alkanes of at least 4 members (excludes halogenated alkanes) is 21. The van der Waals surface area contributed by atoms with Gasteiger partial charge in [-0.2, -0.15) is 0 Å². The summed E-state index contributed by atoms with van der Waals surface area (Å²) in [6, 6.07) is 0. The van der Waals surface area contributed by atoms with E-state index in [9.17, 15) is 20.4 Å². The van der Waals surface area contributed by atoms with Crippen LogP contribution in [0.25, 0.3) is 0 Å². The van der Waals surface area contributed by atoms with Crippen molar-refractivity contribution >= 4 is 0 Å². The third-order valence-corrected chi connectivity index (χ3v) is 13.5. The van der Waals surface area contributed by atoms with E-state index in [-0.39, 0.29) is 24.0 Å². The third-order valence-electron chi connectivity index (χ3n) is 13.5. The first-order valence-electron chi connectivity index (χ1n) is 26.7. The number of aliphatic hydroxyl groups excluding tert-OH is 4. The zero-order chi connectivity index (χ0) is 44.5. The molecule has 0 aromatic heterocycles. The predicted molar refractivity (Wildman–Crippen MR) is 262 cm³/mol. The number of nitrogens with one attached hydrogen (secondary N) is 2. The summed E-state index contributed by atoms with van der Waals surface area (Å²) in [7, 11) is 0. The fraction of sp³-hybridized carbons (Fsp3) is 1.00. The van der Waals surface area contributed by atoms with Crippen LogP contribution in [-0.2, 0) is 0 Å². The molecule has 0 radical (unpaired) electrons.